The average molecular weight is 243 g/mol. The van der Waals surface area contributed by atoms with Crippen molar-refractivity contribution in [2.45, 2.75) is 40.0 Å². The number of carbonyl (C=O) groups excluding carboxylic acids is 1. The normalized spacial score (nSPS) is 23.2. The molecule has 1 saturated heterocycles. The van der Waals surface area contributed by atoms with Crippen LogP contribution in [0.1, 0.15) is 40.0 Å². The Morgan fingerprint density at radius 3 is 2.62 bits per heavy atom. The van der Waals surface area contributed by atoms with Gasteiger partial charge in [0.1, 0.15) is 0 Å². The molecule has 0 aromatic rings. The molecule has 0 aromatic carbocycles. The number of carbonyl (C=O) groups is 1. The summed E-state index contributed by atoms with van der Waals surface area (Å²) in [6.45, 7) is 8.50. The number of thiol groups is 1. The lowest BCUT2D eigenvalue weighted by Gasteiger charge is -2.23. The largest absolute Gasteiger partial charge is 0.342 e. The minimum Gasteiger partial charge on any atom is -0.342 e. The minimum atomic E-state index is 0.349. The van der Waals surface area contributed by atoms with E-state index >= 15 is 0 Å². The molecule has 0 aliphatic carbocycles. The minimum absolute atomic E-state index is 0.349. The third kappa shape index (κ3) is 3.69. The van der Waals surface area contributed by atoms with Crippen LogP contribution < -0.4 is 0 Å². The molecule has 0 spiro atoms. The molecule has 1 amide bonds. The van der Waals surface area contributed by atoms with Crippen LogP contribution in [0.3, 0.4) is 0 Å². The first kappa shape index (κ1) is 13.9. The summed E-state index contributed by atoms with van der Waals surface area (Å²) in [5.74, 6) is 3.00. The van der Waals surface area contributed by atoms with Gasteiger partial charge in [0.05, 0.1) is 0 Å². The van der Waals surface area contributed by atoms with Crippen LogP contribution in [0.15, 0.2) is 0 Å². The molecule has 1 aliphatic rings. The van der Waals surface area contributed by atoms with Crippen LogP contribution >= 0.6 is 12.6 Å². The summed E-state index contributed by atoms with van der Waals surface area (Å²) in [6.07, 6.45) is 3.11. The van der Waals surface area contributed by atoms with Crippen molar-refractivity contribution in [1.29, 1.82) is 0 Å². The van der Waals surface area contributed by atoms with Gasteiger partial charge in [0.15, 0.2) is 0 Å². The Balaban J connectivity index is 2.45. The molecule has 2 atom stereocenters. The first-order valence-corrected chi connectivity index (χ1v) is 7.10. The van der Waals surface area contributed by atoms with Gasteiger partial charge in [0.25, 0.3) is 0 Å². The maximum Gasteiger partial charge on any atom is 0.222 e. The summed E-state index contributed by atoms with van der Waals surface area (Å²) in [5, 5.41) is 0. The first-order valence-electron chi connectivity index (χ1n) is 6.47. The van der Waals surface area contributed by atoms with Gasteiger partial charge in [0.2, 0.25) is 5.91 Å². The van der Waals surface area contributed by atoms with Gasteiger partial charge in [-0.3, -0.25) is 4.79 Å². The van der Waals surface area contributed by atoms with Crippen LogP contribution in [0.2, 0.25) is 0 Å². The lowest BCUT2D eigenvalue weighted by molar-refractivity contribution is -0.128. The fourth-order valence-corrected chi connectivity index (χ4v) is 2.68. The van der Waals surface area contributed by atoms with Crippen molar-refractivity contribution in [2.24, 2.45) is 17.8 Å². The Kier molecular flexibility index (Phi) is 5.67. The van der Waals surface area contributed by atoms with Gasteiger partial charge < -0.3 is 4.90 Å². The van der Waals surface area contributed by atoms with Crippen molar-refractivity contribution in [3.8, 4) is 0 Å². The molecular weight excluding hydrogens is 218 g/mol. The van der Waals surface area contributed by atoms with E-state index in [9.17, 15) is 4.79 Å². The number of amides is 1. The summed E-state index contributed by atoms with van der Waals surface area (Å²) in [5.41, 5.74) is 0. The highest BCUT2D eigenvalue weighted by Crippen LogP contribution is 2.26. The Morgan fingerprint density at radius 2 is 2.19 bits per heavy atom. The summed E-state index contributed by atoms with van der Waals surface area (Å²) >= 11 is 4.38. The van der Waals surface area contributed by atoms with Crippen LogP contribution in [-0.2, 0) is 4.79 Å². The fourth-order valence-electron chi connectivity index (χ4n) is 2.39. The Hall–Kier alpha value is -0.180. The summed E-state index contributed by atoms with van der Waals surface area (Å²) in [7, 11) is 0. The molecule has 94 valence electrons. The zero-order chi connectivity index (χ0) is 12.1. The molecule has 1 aliphatic heterocycles. The highest BCUT2D eigenvalue weighted by atomic mass is 32.1. The van der Waals surface area contributed by atoms with Gasteiger partial charge in [-0.25, -0.2) is 0 Å². The number of nitrogens with zero attached hydrogens (tertiary/aromatic N) is 1. The molecule has 0 N–H and O–H groups in total. The van der Waals surface area contributed by atoms with E-state index in [-0.39, 0.29) is 0 Å². The number of rotatable bonds is 6. The van der Waals surface area contributed by atoms with Gasteiger partial charge in [-0.05, 0) is 29.9 Å². The zero-order valence-corrected chi connectivity index (χ0v) is 11.7. The molecule has 1 heterocycles. The molecule has 2 nitrogen and oxygen atoms in total. The molecule has 2 unspecified atom stereocenters. The molecular formula is C13H25NOS. The monoisotopic (exact) mass is 243 g/mol. The number of hydrogen-bond donors (Lipinski definition) is 1. The van der Waals surface area contributed by atoms with E-state index in [2.05, 4.69) is 38.3 Å². The lowest BCUT2D eigenvalue weighted by atomic mass is 9.95. The standard InChI is InChI=1S/C13H25NOS/c1-4-5-11(9-16)7-14-8-12(10(2)3)6-13(14)15/h10-12,16H,4-9H2,1-3H3. The third-order valence-electron chi connectivity index (χ3n) is 3.62. The van der Waals surface area contributed by atoms with Crippen molar-refractivity contribution in [1.82, 2.24) is 4.90 Å². The quantitative estimate of drug-likeness (QED) is 0.711. The van der Waals surface area contributed by atoms with Crippen molar-refractivity contribution in [2.75, 3.05) is 18.8 Å². The first-order chi connectivity index (χ1) is 7.58. The van der Waals surface area contributed by atoms with Crippen LogP contribution in [0.4, 0.5) is 0 Å². The topological polar surface area (TPSA) is 20.3 Å². The number of likely N-dealkylation sites (tertiary alicyclic amines) is 1. The molecule has 0 saturated carbocycles. The lowest BCUT2D eigenvalue weighted by Crippen LogP contribution is -2.32. The van der Waals surface area contributed by atoms with E-state index in [4.69, 9.17) is 0 Å². The number of hydrogen-bond acceptors (Lipinski definition) is 2. The van der Waals surface area contributed by atoms with E-state index in [0.717, 1.165) is 25.3 Å². The van der Waals surface area contributed by atoms with Crippen molar-refractivity contribution in [3.05, 3.63) is 0 Å². The van der Waals surface area contributed by atoms with Crippen LogP contribution in [0, 0.1) is 17.8 Å². The average Bonchev–Trinajstić information content (AvgIpc) is 2.60. The molecule has 0 bridgehead atoms. The second kappa shape index (κ2) is 6.53. The van der Waals surface area contributed by atoms with Crippen LogP contribution in [-0.4, -0.2) is 29.6 Å². The van der Waals surface area contributed by atoms with E-state index in [1.54, 1.807) is 0 Å². The van der Waals surface area contributed by atoms with E-state index < -0.39 is 0 Å². The van der Waals surface area contributed by atoms with Crippen LogP contribution in [0.5, 0.6) is 0 Å². The van der Waals surface area contributed by atoms with Gasteiger partial charge in [0, 0.05) is 19.5 Å². The van der Waals surface area contributed by atoms with Gasteiger partial charge in [-0.2, -0.15) is 12.6 Å². The molecule has 3 heteroatoms. The fraction of sp³-hybridized carbons (Fsp3) is 0.923. The maximum atomic E-state index is 11.8. The molecule has 16 heavy (non-hydrogen) atoms. The van der Waals surface area contributed by atoms with Gasteiger partial charge in [-0.15, -0.1) is 0 Å². The summed E-state index contributed by atoms with van der Waals surface area (Å²) in [6, 6.07) is 0. The molecule has 1 rings (SSSR count). The smallest absolute Gasteiger partial charge is 0.222 e. The summed E-state index contributed by atoms with van der Waals surface area (Å²) < 4.78 is 0. The van der Waals surface area contributed by atoms with Crippen molar-refractivity contribution in [3.63, 3.8) is 0 Å². The second-order valence-corrected chi connectivity index (χ2v) is 5.71. The zero-order valence-electron chi connectivity index (χ0n) is 10.8. The molecule has 0 aromatic heterocycles. The Morgan fingerprint density at radius 1 is 1.50 bits per heavy atom. The van der Waals surface area contributed by atoms with Crippen molar-refractivity contribution >= 4 is 18.5 Å². The van der Waals surface area contributed by atoms with Gasteiger partial charge in [-0.1, -0.05) is 27.2 Å². The van der Waals surface area contributed by atoms with Crippen LogP contribution in [0.25, 0.3) is 0 Å². The highest BCUT2D eigenvalue weighted by Gasteiger charge is 2.32. The molecule has 0 radical (unpaired) electrons. The van der Waals surface area contributed by atoms with E-state index in [1.165, 1.54) is 12.8 Å². The van der Waals surface area contributed by atoms with E-state index in [1.807, 2.05) is 0 Å². The predicted molar refractivity (Wildman–Crippen MR) is 71.8 cm³/mol. The highest BCUT2D eigenvalue weighted by molar-refractivity contribution is 7.80. The molecule has 1 fully saturated rings. The van der Waals surface area contributed by atoms with Gasteiger partial charge >= 0.3 is 0 Å². The third-order valence-corrected chi connectivity index (χ3v) is 4.14. The summed E-state index contributed by atoms with van der Waals surface area (Å²) in [4.78, 5) is 13.9. The Bertz CT molecular complexity index is 230. The van der Waals surface area contributed by atoms with Crippen molar-refractivity contribution < 1.29 is 4.79 Å². The SMILES string of the molecule is CCCC(CS)CN1CC(C(C)C)CC1=O. The second-order valence-electron chi connectivity index (χ2n) is 5.34. The Labute approximate surface area is 105 Å². The van der Waals surface area contributed by atoms with E-state index in [0.29, 0.717) is 23.7 Å². The maximum absolute atomic E-state index is 11.8. The predicted octanol–water partition coefficient (Wildman–Crippen LogP) is 2.84.